The van der Waals surface area contributed by atoms with Gasteiger partial charge in [0.15, 0.2) is 0 Å². The number of anilines is 2. The number of nitrogens with one attached hydrogen (secondary N) is 2. The van der Waals surface area contributed by atoms with Crippen LogP contribution in [0, 0.1) is 19.8 Å². The first-order valence-corrected chi connectivity index (χ1v) is 15.3. The van der Waals surface area contributed by atoms with Gasteiger partial charge in [0.05, 0.1) is 19.3 Å². The molecule has 3 N–H and O–H groups in total. The van der Waals surface area contributed by atoms with Crippen LogP contribution >= 0.6 is 0 Å². The van der Waals surface area contributed by atoms with Gasteiger partial charge < -0.3 is 25.4 Å². The van der Waals surface area contributed by atoms with Crippen molar-refractivity contribution in [3.8, 4) is 16.9 Å². The summed E-state index contributed by atoms with van der Waals surface area (Å²) < 4.78 is 7.85. The molecule has 3 amide bonds. The largest absolute Gasteiger partial charge is 0.493 e. The van der Waals surface area contributed by atoms with Crippen LogP contribution in [-0.4, -0.2) is 52.5 Å². The van der Waals surface area contributed by atoms with Crippen LogP contribution in [0.3, 0.4) is 0 Å². The molecule has 10 nitrogen and oxygen atoms in total. The Bertz CT molecular complexity index is 1750. The van der Waals surface area contributed by atoms with Crippen LogP contribution in [0.1, 0.15) is 47.4 Å². The van der Waals surface area contributed by atoms with Gasteiger partial charge in [-0.1, -0.05) is 36.4 Å². The summed E-state index contributed by atoms with van der Waals surface area (Å²) in [6, 6.07) is 19.0. The lowest BCUT2D eigenvalue weighted by molar-refractivity contribution is -0.135. The van der Waals surface area contributed by atoms with Gasteiger partial charge in [-0.2, -0.15) is 5.10 Å². The zero-order valence-electron chi connectivity index (χ0n) is 25.5. The van der Waals surface area contributed by atoms with E-state index >= 15 is 0 Å². The van der Waals surface area contributed by atoms with Crippen molar-refractivity contribution >= 4 is 29.3 Å². The summed E-state index contributed by atoms with van der Waals surface area (Å²) in [5.74, 6) is 0.822. The Morgan fingerprint density at radius 3 is 2.73 bits per heavy atom. The van der Waals surface area contributed by atoms with Crippen molar-refractivity contribution in [3.05, 3.63) is 95.3 Å². The monoisotopic (exact) mass is 607 g/mol. The van der Waals surface area contributed by atoms with Gasteiger partial charge in [0, 0.05) is 36.1 Å². The van der Waals surface area contributed by atoms with Gasteiger partial charge in [0.25, 0.3) is 0 Å². The van der Waals surface area contributed by atoms with E-state index in [1.807, 2.05) is 58.4 Å². The molecule has 1 aromatic heterocycles. The van der Waals surface area contributed by atoms with Crippen LogP contribution < -0.4 is 20.3 Å². The van der Waals surface area contributed by atoms with Crippen LogP contribution in [0.15, 0.2) is 73.1 Å². The second-order valence-electron chi connectivity index (χ2n) is 11.8. The number of amides is 3. The number of aryl methyl sites for hydroxylation is 1. The van der Waals surface area contributed by atoms with E-state index in [0.29, 0.717) is 43.5 Å². The lowest BCUT2D eigenvalue weighted by Crippen LogP contribution is -2.36. The second-order valence-corrected chi connectivity index (χ2v) is 11.8. The first-order chi connectivity index (χ1) is 21.8. The number of rotatable bonds is 11. The van der Waals surface area contributed by atoms with E-state index < -0.39 is 18.5 Å². The quantitative estimate of drug-likeness (QED) is 0.187. The molecule has 1 aliphatic carbocycles. The third-order valence-electron chi connectivity index (χ3n) is 8.61. The van der Waals surface area contributed by atoms with Crippen molar-refractivity contribution in [2.45, 2.75) is 45.6 Å². The molecule has 1 aliphatic heterocycles. The molecule has 10 heteroatoms. The van der Waals surface area contributed by atoms with Crippen LogP contribution in [0.4, 0.5) is 16.2 Å². The van der Waals surface area contributed by atoms with Crippen molar-refractivity contribution < 1.29 is 24.2 Å². The number of hydrogen-bond donors (Lipinski definition) is 3. The van der Waals surface area contributed by atoms with Gasteiger partial charge in [0.2, 0.25) is 5.91 Å². The molecule has 2 atom stereocenters. The number of fused-ring (bicyclic) bond motifs is 3. The van der Waals surface area contributed by atoms with E-state index in [4.69, 9.17) is 9.84 Å². The first-order valence-electron chi connectivity index (χ1n) is 15.3. The number of benzene rings is 3. The lowest BCUT2D eigenvalue weighted by Gasteiger charge is -2.30. The van der Waals surface area contributed by atoms with Crippen molar-refractivity contribution in [1.29, 1.82) is 0 Å². The van der Waals surface area contributed by atoms with Gasteiger partial charge in [-0.25, -0.2) is 4.79 Å². The molecule has 0 radical (unpaired) electrons. The van der Waals surface area contributed by atoms with Gasteiger partial charge in [-0.15, -0.1) is 0 Å². The molecule has 4 aromatic rings. The van der Waals surface area contributed by atoms with Crippen LogP contribution in [-0.2, 0) is 16.1 Å². The third-order valence-corrected chi connectivity index (χ3v) is 8.61. The molecule has 45 heavy (non-hydrogen) atoms. The number of carbonyl (C=O) groups is 3. The van der Waals surface area contributed by atoms with E-state index in [9.17, 15) is 14.4 Å². The summed E-state index contributed by atoms with van der Waals surface area (Å²) in [4.78, 5) is 38.1. The standard InChI is InChI=1S/C35H37N5O5/c1-22-7-3-12-31(23(22)2)45-14-6-13-32(41)40-21-25-16-29(25)34-28(10-5-11-30(34)40)26-17-37-39(20-26)19-24-8-4-9-27(15-24)38-35(44)36-18-33(42)43/h3-5,7-12,15,17,20,25,29H,6,13-14,16,18-19,21H2,1-2H3,(H,42,43)(H2,36,38,44)/t25-,29-/m1/s1. The smallest absolute Gasteiger partial charge is 0.323 e. The summed E-state index contributed by atoms with van der Waals surface area (Å²) in [6.07, 6.45) is 6.04. The van der Waals surface area contributed by atoms with E-state index in [1.165, 1.54) is 11.1 Å². The normalized spacial score (nSPS) is 16.4. The second kappa shape index (κ2) is 12.9. The minimum Gasteiger partial charge on any atom is -0.493 e. The van der Waals surface area contributed by atoms with Crippen molar-refractivity contribution in [2.75, 3.05) is 29.9 Å². The minimum absolute atomic E-state index is 0.129. The highest BCUT2D eigenvalue weighted by Crippen LogP contribution is 2.57. The number of aliphatic carboxylic acids is 1. The Morgan fingerprint density at radius 2 is 1.89 bits per heavy atom. The lowest BCUT2D eigenvalue weighted by atomic mass is 9.92. The molecule has 0 spiro atoms. The first kappa shape index (κ1) is 29.9. The summed E-state index contributed by atoms with van der Waals surface area (Å²) in [5.41, 5.74) is 8.14. The fraction of sp³-hybridized carbons (Fsp3) is 0.314. The van der Waals surface area contributed by atoms with E-state index in [-0.39, 0.29) is 5.91 Å². The molecular weight excluding hydrogens is 570 g/mol. The van der Waals surface area contributed by atoms with Crippen LogP contribution in [0.5, 0.6) is 5.75 Å². The van der Waals surface area contributed by atoms with Gasteiger partial charge in [-0.05, 0) is 90.6 Å². The van der Waals surface area contributed by atoms with Crippen LogP contribution in [0.2, 0.25) is 0 Å². The highest BCUT2D eigenvalue weighted by molar-refractivity contribution is 5.97. The third kappa shape index (κ3) is 6.85. The predicted molar refractivity (Wildman–Crippen MR) is 172 cm³/mol. The molecule has 0 unspecified atom stereocenters. The van der Waals surface area contributed by atoms with E-state index in [1.54, 1.807) is 6.07 Å². The van der Waals surface area contributed by atoms with Crippen molar-refractivity contribution in [2.24, 2.45) is 5.92 Å². The number of urea groups is 1. The SMILES string of the molecule is Cc1cccc(OCCCC(=O)N2C[C@H]3C[C@H]3c3c(-c4cnn(Cc5cccc(NC(=O)NCC(=O)O)c5)c4)cccc32)c1C. The molecule has 6 rings (SSSR count). The molecule has 1 saturated carbocycles. The van der Waals surface area contributed by atoms with Crippen molar-refractivity contribution in [3.63, 3.8) is 0 Å². The fourth-order valence-corrected chi connectivity index (χ4v) is 6.08. The molecule has 232 valence electrons. The number of hydrogen-bond acceptors (Lipinski definition) is 5. The minimum atomic E-state index is -1.11. The average molecular weight is 608 g/mol. The maximum atomic E-state index is 13.5. The number of nitrogens with zero attached hydrogens (tertiary/aromatic N) is 3. The zero-order valence-corrected chi connectivity index (χ0v) is 25.5. The topological polar surface area (TPSA) is 126 Å². The summed E-state index contributed by atoms with van der Waals surface area (Å²) in [6.45, 7) is 5.41. The highest BCUT2D eigenvalue weighted by atomic mass is 16.5. The number of carboxylic acids is 1. The van der Waals surface area contributed by atoms with Gasteiger partial charge >= 0.3 is 12.0 Å². The summed E-state index contributed by atoms with van der Waals surface area (Å²) >= 11 is 0. The Hall–Kier alpha value is -5.12. The van der Waals surface area contributed by atoms with Crippen LogP contribution in [0.25, 0.3) is 11.1 Å². The zero-order chi connectivity index (χ0) is 31.5. The highest BCUT2D eigenvalue weighted by Gasteiger charge is 2.47. The number of carbonyl (C=O) groups excluding carboxylic acids is 2. The maximum Gasteiger partial charge on any atom is 0.323 e. The summed E-state index contributed by atoms with van der Waals surface area (Å²) in [5, 5.41) is 18.3. The van der Waals surface area contributed by atoms with E-state index in [2.05, 4.69) is 47.8 Å². The molecule has 0 saturated heterocycles. The molecule has 0 bridgehead atoms. The molecule has 1 fully saturated rings. The Kier molecular flexibility index (Phi) is 8.55. The number of carboxylic acid groups (broad SMARTS) is 1. The summed E-state index contributed by atoms with van der Waals surface area (Å²) in [7, 11) is 0. The number of aromatic nitrogens is 2. The number of ether oxygens (including phenoxy) is 1. The predicted octanol–water partition coefficient (Wildman–Crippen LogP) is 5.73. The van der Waals surface area contributed by atoms with Crippen molar-refractivity contribution in [1.82, 2.24) is 15.1 Å². The van der Waals surface area contributed by atoms with Gasteiger partial charge in [-0.3, -0.25) is 14.3 Å². The molecule has 3 aromatic carbocycles. The Morgan fingerprint density at radius 1 is 1.07 bits per heavy atom. The fourth-order valence-electron chi connectivity index (χ4n) is 6.08. The molecular formula is C35H37N5O5. The van der Waals surface area contributed by atoms with E-state index in [0.717, 1.165) is 46.7 Å². The molecule has 2 aliphatic rings. The van der Waals surface area contributed by atoms with Gasteiger partial charge in [0.1, 0.15) is 12.3 Å². The maximum absolute atomic E-state index is 13.5. The average Bonchev–Trinajstić information content (AvgIpc) is 3.67. The Balaban J connectivity index is 1.11. The Labute approximate surface area is 262 Å². The molecule has 2 heterocycles.